The van der Waals surface area contributed by atoms with Crippen LogP contribution in [0.3, 0.4) is 0 Å². The largest absolute Gasteiger partial charge is 0.277 e. The Morgan fingerprint density at radius 2 is 2.22 bits per heavy atom. The Bertz CT molecular complexity index is 138. The molecule has 1 rings (SSSR count). The fourth-order valence-corrected chi connectivity index (χ4v) is 2.17. The van der Waals surface area contributed by atoms with Gasteiger partial charge < -0.3 is 0 Å². The first kappa shape index (κ1) is 7.13. The summed E-state index contributed by atoms with van der Waals surface area (Å²) in [5.74, 6) is 1.24. The molecule has 0 amide bonds. The summed E-state index contributed by atoms with van der Waals surface area (Å²) in [7, 11) is 0. The van der Waals surface area contributed by atoms with Gasteiger partial charge in [-0.2, -0.15) is 0 Å². The lowest BCUT2D eigenvalue weighted by atomic mass is 10.0. The summed E-state index contributed by atoms with van der Waals surface area (Å²) in [5, 5.41) is 1.24. The molecule has 0 bridgehead atoms. The van der Waals surface area contributed by atoms with Gasteiger partial charge in [0.1, 0.15) is 0 Å². The van der Waals surface area contributed by atoms with Gasteiger partial charge in [0.15, 0.2) is 0 Å². The predicted molar refractivity (Wildman–Crippen MR) is 44.3 cm³/mol. The van der Waals surface area contributed by atoms with Crippen molar-refractivity contribution in [3.05, 3.63) is 0 Å². The Morgan fingerprint density at radius 1 is 1.56 bits per heavy atom. The first-order valence-electron chi connectivity index (χ1n) is 3.29. The Labute approximate surface area is 60.9 Å². The molecule has 2 heteroatoms. The van der Waals surface area contributed by atoms with Gasteiger partial charge in [0, 0.05) is 5.75 Å². The summed E-state index contributed by atoms with van der Waals surface area (Å²) >= 11 is 1.87. The van der Waals surface area contributed by atoms with Gasteiger partial charge in [-0.05, 0) is 27.2 Å². The van der Waals surface area contributed by atoms with Crippen molar-refractivity contribution in [1.29, 1.82) is 0 Å². The van der Waals surface area contributed by atoms with Crippen molar-refractivity contribution in [2.24, 2.45) is 4.99 Å². The van der Waals surface area contributed by atoms with E-state index < -0.39 is 0 Å². The zero-order valence-electron chi connectivity index (χ0n) is 6.27. The third kappa shape index (κ3) is 2.01. The summed E-state index contributed by atoms with van der Waals surface area (Å²) in [6.07, 6.45) is 1.22. The van der Waals surface area contributed by atoms with E-state index in [0.29, 0.717) is 0 Å². The molecule has 1 aliphatic rings. The Morgan fingerprint density at radius 3 is 2.56 bits per heavy atom. The van der Waals surface area contributed by atoms with Crippen LogP contribution in [-0.4, -0.2) is 16.3 Å². The van der Waals surface area contributed by atoms with Crippen LogP contribution in [0.1, 0.15) is 27.2 Å². The van der Waals surface area contributed by atoms with E-state index in [2.05, 4.69) is 25.8 Å². The van der Waals surface area contributed by atoms with Crippen molar-refractivity contribution in [2.75, 3.05) is 5.75 Å². The van der Waals surface area contributed by atoms with Crippen molar-refractivity contribution in [3.8, 4) is 0 Å². The summed E-state index contributed by atoms with van der Waals surface area (Å²) in [6, 6.07) is 0. The molecule has 9 heavy (non-hydrogen) atoms. The van der Waals surface area contributed by atoms with Crippen molar-refractivity contribution >= 4 is 16.8 Å². The van der Waals surface area contributed by atoms with Crippen LogP contribution in [0.2, 0.25) is 0 Å². The highest BCUT2D eigenvalue weighted by atomic mass is 32.2. The minimum atomic E-state index is 0.218. The van der Waals surface area contributed by atoms with E-state index in [1.165, 1.54) is 17.2 Å². The average molecular weight is 143 g/mol. The standard InChI is InChI=1S/C7H13NS/c1-6-8-7(2,3)4-5-9-6/h4-5H2,1-3H3. The zero-order chi connectivity index (χ0) is 6.91. The van der Waals surface area contributed by atoms with Crippen LogP contribution in [0.25, 0.3) is 0 Å². The van der Waals surface area contributed by atoms with Crippen LogP contribution in [0.5, 0.6) is 0 Å². The van der Waals surface area contributed by atoms with Gasteiger partial charge in [-0.1, -0.05) is 0 Å². The number of aliphatic imine (C=N–C) groups is 1. The molecule has 0 saturated carbocycles. The molecule has 52 valence electrons. The van der Waals surface area contributed by atoms with Gasteiger partial charge in [0.25, 0.3) is 0 Å². The van der Waals surface area contributed by atoms with Crippen LogP contribution < -0.4 is 0 Å². The van der Waals surface area contributed by atoms with Gasteiger partial charge >= 0.3 is 0 Å². The molecule has 0 radical (unpaired) electrons. The highest BCUT2D eigenvalue weighted by molar-refractivity contribution is 8.13. The van der Waals surface area contributed by atoms with E-state index in [-0.39, 0.29) is 5.54 Å². The van der Waals surface area contributed by atoms with Gasteiger partial charge in [-0.3, -0.25) is 4.99 Å². The molecule has 0 aromatic rings. The van der Waals surface area contributed by atoms with Crippen LogP contribution in [0.15, 0.2) is 4.99 Å². The average Bonchev–Trinajstić information content (AvgIpc) is 1.60. The zero-order valence-corrected chi connectivity index (χ0v) is 7.09. The maximum absolute atomic E-state index is 4.49. The second kappa shape index (κ2) is 2.33. The Kier molecular flexibility index (Phi) is 1.85. The minimum absolute atomic E-state index is 0.218. The fraction of sp³-hybridized carbons (Fsp3) is 0.857. The van der Waals surface area contributed by atoms with Crippen LogP contribution >= 0.6 is 11.8 Å². The van der Waals surface area contributed by atoms with E-state index in [0.717, 1.165) is 0 Å². The number of hydrogen-bond donors (Lipinski definition) is 0. The molecule has 0 spiro atoms. The molecule has 0 fully saturated rings. The molecule has 0 aromatic carbocycles. The number of thioether (sulfide) groups is 1. The van der Waals surface area contributed by atoms with Crippen molar-refractivity contribution < 1.29 is 0 Å². The van der Waals surface area contributed by atoms with Gasteiger partial charge in [-0.15, -0.1) is 11.8 Å². The van der Waals surface area contributed by atoms with E-state index in [1.54, 1.807) is 0 Å². The number of hydrogen-bond acceptors (Lipinski definition) is 2. The quantitative estimate of drug-likeness (QED) is 0.507. The molecule has 1 nitrogen and oxygen atoms in total. The highest BCUT2D eigenvalue weighted by Gasteiger charge is 2.19. The SMILES string of the molecule is CC1=NC(C)(C)CCS1. The molecule has 1 aliphatic heterocycles. The predicted octanol–water partition coefficient (Wildman–Crippen LogP) is 2.32. The van der Waals surface area contributed by atoms with Crippen molar-refractivity contribution in [2.45, 2.75) is 32.7 Å². The first-order chi connectivity index (χ1) is 4.10. The number of rotatable bonds is 0. The molecule has 0 atom stereocenters. The fourth-order valence-electron chi connectivity index (χ4n) is 0.963. The normalized spacial score (nSPS) is 25.4. The second-order valence-electron chi connectivity index (χ2n) is 3.04. The Hall–Kier alpha value is 0.0200. The third-order valence-corrected chi connectivity index (χ3v) is 2.40. The van der Waals surface area contributed by atoms with E-state index in [9.17, 15) is 0 Å². The summed E-state index contributed by atoms with van der Waals surface area (Å²) in [4.78, 5) is 4.49. The van der Waals surface area contributed by atoms with Gasteiger partial charge in [0.2, 0.25) is 0 Å². The van der Waals surface area contributed by atoms with E-state index >= 15 is 0 Å². The smallest absolute Gasteiger partial charge is 0.0651 e. The summed E-state index contributed by atoms with van der Waals surface area (Å²) in [5.41, 5.74) is 0.218. The van der Waals surface area contributed by atoms with Crippen LogP contribution in [0.4, 0.5) is 0 Å². The molecular formula is C7H13NS. The molecular weight excluding hydrogens is 130 g/mol. The van der Waals surface area contributed by atoms with Crippen LogP contribution in [0, 0.1) is 0 Å². The highest BCUT2D eigenvalue weighted by Crippen LogP contribution is 2.25. The monoisotopic (exact) mass is 143 g/mol. The lowest BCUT2D eigenvalue weighted by Crippen LogP contribution is -2.22. The van der Waals surface area contributed by atoms with Crippen molar-refractivity contribution in [3.63, 3.8) is 0 Å². The van der Waals surface area contributed by atoms with Gasteiger partial charge in [0.05, 0.1) is 10.6 Å². The lowest BCUT2D eigenvalue weighted by molar-refractivity contribution is 0.507. The maximum atomic E-state index is 4.49. The summed E-state index contributed by atoms with van der Waals surface area (Å²) < 4.78 is 0. The Balaban J connectivity index is 2.68. The topological polar surface area (TPSA) is 12.4 Å². The van der Waals surface area contributed by atoms with E-state index in [4.69, 9.17) is 0 Å². The molecule has 1 heterocycles. The third-order valence-electron chi connectivity index (χ3n) is 1.48. The number of nitrogens with zero attached hydrogens (tertiary/aromatic N) is 1. The molecule has 0 aliphatic carbocycles. The molecule has 0 N–H and O–H groups in total. The van der Waals surface area contributed by atoms with Crippen molar-refractivity contribution in [1.82, 2.24) is 0 Å². The van der Waals surface area contributed by atoms with Crippen LogP contribution in [-0.2, 0) is 0 Å². The molecule has 0 saturated heterocycles. The molecule has 0 aromatic heterocycles. The second-order valence-corrected chi connectivity index (χ2v) is 4.33. The van der Waals surface area contributed by atoms with E-state index in [1.807, 2.05) is 11.8 Å². The maximum Gasteiger partial charge on any atom is 0.0651 e. The van der Waals surface area contributed by atoms with Gasteiger partial charge in [-0.25, -0.2) is 0 Å². The molecule has 0 unspecified atom stereocenters. The first-order valence-corrected chi connectivity index (χ1v) is 4.28. The minimum Gasteiger partial charge on any atom is -0.277 e. The summed E-state index contributed by atoms with van der Waals surface area (Å²) in [6.45, 7) is 6.47. The lowest BCUT2D eigenvalue weighted by Gasteiger charge is -2.24.